The first kappa shape index (κ1) is 20.9. The number of pyridine rings is 1. The number of rotatable bonds is 8. The van der Waals surface area contributed by atoms with E-state index in [0.29, 0.717) is 13.2 Å². The Bertz CT molecular complexity index is 792. The van der Waals surface area contributed by atoms with E-state index in [-0.39, 0.29) is 5.91 Å². The van der Waals surface area contributed by atoms with Crippen LogP contribution in [0.2, 0.25) is 0 Å². The monoisotopic (exact) mass is 400 g/mol. The Kier molecular flexibility index (Phi) is 7.30. The van der Waals surface area contributed by atoms with Crippen molar-refractivity contribution in [2.45, 2.75) is 13.5 Å². The van der Waals surface area contributed by atoms with Crippen molar-refractivity contribution in [3.05, 3.63) is 48.2 Å². The second-order valence-electron chi connectivity index (χ2n) is 7.34. The molecular formula is C22H32N4O3+2. The molecule has 0 spiro atoms. The number of carbonyl (C=O) groups is 1. The number of methoxy groups -OCH3 is 1. The number of amides is 1. The molecule has 0 aliphatic carbocycles. The van der Waals surface area contributed by atoms with Crippen molar-refractivity contribution in [1.82, 2.24) is 4.90 Å². The summed E-state index contributed by atoms with van der Waals surface area (Å²) in [5.74, 6) is 2.79. The minimum absolute atomic E-state index is 0.206. The molecule has 7 nitrogen and oxygen atoms in total. The number of likely N-dealkylation sites (N-methyl/N-ethyl adjacent to an activating group) is 1. The zero-order chi connectivity index (χ0) is 20.6. The maximum Gasteiger partial charge on any atom is 0.278 e. The van der Waals surface area contributed by atoms with Crippen LogP contribution >= 0.6 is 0 Å². The lowest BCUT2D eigenvalue weighted by molar-refractivity contribution is -0.885. The van der Waals surface area contributed by atoms with Crippen molar-refractivity contribution in [3.63, 3.8) is 0 Å². The Morgan fingerprint density at radius 1 is 1.14 bits per heavy atom. The molecule has 1 aliphatic heterocycles. The molecule has 1 aromatic heterocycles. The van der Waals surface area contributed by atoms with Crippen LogP contribution in [0, 0.1) is 0 Å². The van der Waals surface area contributed by atoms with E-state index in [1.807, 2.05) is 48.4 Å². The zero-order valence-electron chi connectivity index (χ0n) is 17.6. The molecule has 1 saturated heterocycles. The molecule has 1 atom stereocenters. The van der Waals surface area contributed by atoms with Crippen molar-refractivity contribution in [2.75, 3.05) is 58.4 Å². The minimum Gasteiger partial charge on any atom is -0.493 e. The van der Waals surface area contributed by atoms with Gasteiger partial charge in [0.25, 0.3) is 11.7 Å². The molecule has 0 radical (unpaired) electrons. The number of hydrogen-bond donors (Lipinski definition) is 1. The fourth-order valence-corrected chi connectivity index (χ4v) is 3.65. The quantitative estimate of drug-likeness (QED) is 0.691. The summed E-state index contributed by atoms with van der Waals surface area (Å²) in [7, 11) is 3.70. The van der Waals surface area contributed by atoms with Crippen LogP contribution in [0.5, 0.6) is 11.5 Å². The lowest BCUT2D eigenvalue weighted by Gasteiger charge is -2.31. The third-order valence-corrected chi connectivity index (χ3v) is 5.15. The van der Waals surface area contributed by atoms with Crippen LogP contribution in [0.4, 0.5) is 5.82 Å². The highest BCUT2D eigenvalue weighted by Crippen LogP contribution is 2.27. The van der Waals surface area contributed by atoms with E-state index in [4.69, 9.17) is 9.47 Å². The molecule has 1 unspecified atom stereocenters. The van der Waals surface area contributed by atoms with Gasteiger partial charge in [-0.25, -0.2) is 4.98 Å². The number of anilines is 1. The second-order valence-corrected chi connectivity index (χ2v) is 7.34. The third kappa shape index (κ3) is 5.60. The van der Waals surface area contributed by atoms with Gasteiger partial charge in [-0.05, 0) is 31.2 Å². The Hall–Kier alpha value is -2.80. The Balaban J connectivity index is 1.49. The smallest absolute Gasteiger partial charge is 0.278 e. The summed E-state index contributed by atoms with van der Waals surface area (Å²) in [6.45, 7) is 7.00. The number of aromatic amines is 1. The van der Waals surface area contributed by atoms with E-state index >= 15 is 0 Å². The summed E-state index contributed by atoms with van der Waals surface area (Å²) in [6, 6.07) is 12.0. The average Bonchev–Trinajstić information content (AvgIpc) is 2.75. The van der Waals surface area contributed by atoms with Crippen LogP contribution in [0.3, 0.4) is 0 Å². The van der Waals surface area contributed by atoms with Gasteiger partial charge in [-0.1, -0.05) is 6.07 Å². The summed E-state index contributed by atoms with van der Waals surface area (Å²) in [5.41, 5.74) is 1.13. The summed E-state index contributed by atoms with van der Waals surface area (Å²) in [4.78, 5) is 21.4. The van der Waals surface area contributed by atoms with Gasteiger partial charge in [0.1, 0.15) is 19.6 Å². The summed E-state index contributed by atoms with van der Waals surface area (Å²) in [6.07, 6.45) is 1.93. The number of piperazine rings is 1. The van der Waals surface area contributed by atoms with Crippen molar-refractivity contribution in [1.29, 1.82) is 0 Å². The van der Waals surface area contributed by atoms with Gasteiger partial charge < -0.3 is 19.3 Å². The molecule has 0 saturated carbocycles. The predicted octanol–water partition coefficient (Wildman–Crippen LogP) is 0.272. The Morgan fingerprint density at radius 3 is 2.59 bits per heavy atom. The topological polar surface area (TPSA) is 60.6 Å². The highest BCUT2D eigenvalue weighted by atomic mass is 16.5. The standard InChI is InChI=1S/C22H30N4O3/c1-4-29-19-9-8-18(15-20(19)28-3)16-24(2)17-22(27)26-13-11-25(12-14-26)21-7-5-6-10-23-21/h5-10,15H,4,11-14,16-17H2,1-3H3/p+2. The van der Waals surface area contributed by atoms with E-state index in [2.05, 4.69) is 23.0 Å². The molecule has 1 fully saturated rings. The number of H-pyrrole nitrogens is 1. The Morgan fingerprint density at radius 2 is 1.93 bits per heavy atom. The van der Waals surface area contributed by atoms with Crippen molar-refractivity contribution in [3.8, 4) is 11.5 Å². The fourth-order valence-electron chi connectivity index (χ4n) is 3.65. The number of nitrogens with one attached hydrogen (secondary N) is 2. The number of ether oxygens (including phenoxy) is 2. The fraction of sp³-hybridized carbons (Fsp3) is 0.455. The number of benzene rings is 1. The molecule has 0 bridgehead atoms. The summed E-state index contributed by atoms with van der Waals surface area (Å²) in [5, 5.41) is 0. The number of aromatic nitrogens is 1. The average molecular weight is 401 g/mol. The largest absolute Gasteiger partial charge is 0.493 e. The maximum atomic E-state index is 12.7. The van der Waals surface area contributed by atoms with Crippen LogP contribution in [-0.4, -0.2) is 64.3 Å². The molecule has 1 amide bonds. The van der Waals surface area contributed by atoms with Gasteiger partial charge >= 0.3 is 0 Å². The lowest BCUT2D eigenvalue weighted by atomic mass is 10.2. The first-order chi connectivity index (χ1) is 14.1. The SMILES string of the molecule is CCOc1ccc(C[NH+](C)CC(=O)N2CCN(c3cccc[nH+]3)CC2)cc1OC. The van der Waals surface area contributed by atoms with Gasteiger partial charge in [-0.15, -0.1) is 0 Å². The van der Waals surface area contributed by atoms with Gasteiger partial charge in [0.15, 0.2) is 18.0 Å². The molecule has 3 rings (SSSR count). The number of quaternary nitrogens is 1. The van der Waals surface area contributed by atoms with E-state index < -0.39 is 0 Å². The van der Waals surface area contributed by atoms with E-state index in [1.165, 1.54) is 0 Å². The highest BCUT2D eigenvalue weighted by molar-refractivity contribution is 5.77. The second kappa shape index (κ2) is 10.1. The van der Waals surface area contributed by atoms with Gasteiger partial charge in [0.2, 0.25) is 0 Å². The van der Waals surface area contributed by atoms with Gasteiger partial charge in [-0.2, -0.15) is 0 Å². The van der Waals surface area contributed by atoms with E-state index in [0.717, 1.165) is 60.5 Å². The lowest BCUT2D eigenvalue weighted by Crippen LogP contribution is -3.09. The molecule has 7 heteroatoms. The van der Waals surface area contributed by atoms with Gasteiger partial charge in [-0.3, -0.25) is 9.69 Å². The third-order valence-electron chi connectivity index (χ3n) is 5.15. The van der Waals surface area contributed by atoms with Crippen LogP contribution in [0.1, 0.15) is 12.5 Å². The molecule has 2 aromatic rings. The molecule has 29 heavy (non-hydrogen) atoms. The molecular weight excluding hydrogens is 368 g/mol. The van der Waals surface area contributed by atoms with Crippen LogP contribution in [0.25, 0.3) is 0 Å². The normalized spacial score (nSPS) is 15.1. The molecule has 2 heterocycles. The summed E-state index contributed by atoms with van der Waals surface area (Å²) >= 11 is 0. The number of carbonyl (C=O) groups excluding carboxylic acids is 1. The van der Waals surface area contributed by atoms with Gasteiger partial charge in [0.05, 0.1) is 40.1 Å². The first-order valence-corrected chi connectivity index (χ1v) is 10.2. The van der Waals surface area contributed by atoms with Gasteiger partial charge in [0, 0.05) is 11.6 Å². The summed E-state index contributed by atoms with van der Waals surface area (Å²) < 4.78 is 11.0. The molecule has 1 aliphatic rings. The van der Waals surface area contributed by atoms with Crippen molar-refractivity contribution < 1.29 is 24.2 Å². The van der Waals surface area contributed by atoms with Crippen LogP contribution in [0.15, 0.2) is 42.6 Å². The predicted molar refractivity (Wildman–Crippen MR) is 111 cm³/mol. The van der Waals surface area contributed by atoms with E-state index in [1.54, 1.807) is 7.11 Å². The zero-order valence-corrected chi connectivity index (χ0v) is 17.6. The molecule has 1 aromatic carbocycles. The first-order valence-electron chi connectivity index (χ1n) is 10.2. The molecule has 156 valence electrons. The maximum absolute atomic E-state index is 12.7. The number of hydrogen-bond acceptors (Lipinski definition) is 4. The van der Waals surface area contributed by atoms with E-state index in [9.17, 15) is 4.79 Å². The minimum atomic E-state index is 0.206. The van der Waals surface area contributed by atoms with Crippen molar-refractivity contribution in [2.24, 2.45) is 0 Å². The van der Waals surface area contributed by atoms with Crippen LogP contribution in [-0.2, 0) is 11.3 Å². The van der Waals surface area contributed by atoms with Crippen molar-refractivity contribution >= 4 is 11.7 Å². The molecule has 2 N–H and O–H groups in total. The van der Waals surface area contributed by atoms with Crippen LogP contribution < -0.4 is 24.3 Å². The highest BCUT2D eigenvalue weighted by Gasteiger charge is 2.27. The number of nitrogens with zero attached hydrogens (tertiary/aromatic N) is 2. The Labute approximate surface area is 172 Å².